The Morgan fingerprint density at radius 1 is 1.14 bits per heavy atom. The number of para-hydroxylation sites is 1. The molecule has 0 saturated heterocycles. The molecule has 0 N–H and O–H groups in total. The molecule has 0 unspecified atom stereocenters. The molecular weight excluding hydrogens is 354 g/mol. The first kappa shape index (κ1) is 18.0. The molecule has 0 bridgehead atoms. The largest absolute Gasteiger partial charge is 0.494 e. The topological polar surface area (TPSA) is 64.4 Å². The van der Waals surface area contributed by atoms with Crippen LogP contribution in [0.2, 0.25) is 0 Å². The van der Waals surface area contributed by atoms with E-state index in [4.69, 9.17) is 4.74 Å². The van der Waals surface area contributed by atoms with E-state index in [0.717, 1.165) is 29.0 Å². The van der Waals surface area contributed by atoms with E-state index >= 15 is 0 Å². The van der Waals surface area contributed by atoms with E-state index in [1.54, 1.807) is 4.90 Å². The molecule has 142 valence electrons. The molecule has 1 aliphatic rings. The third-order valence-corrected chi connectivity index (χ3v) is 4.83. The zero-order valence-corrected chi connectivity index (χ0v) is 15.7. The van der Waals surface area contributed by atoms with Gasteiger partial charge in [0, 0.05) is 23.9 Å². The number of anilines is 1. The summed E-state index contributed by atoms with van der Waals surface area (Å²) in [6, 6.07) is 16.7. The second-order valence-electron chi connectivity index (χ2n) is 6.62. The Balaban J connectivity index is 1.51. The summed E-state index contributed by atoms with van der Waals surface area (Å²) in [5.74, 6) is 0.666. The first-order chi connectivity index (χ1) is 13.7. The van der Waals surface area contributed by atoms with Crippen LogP contribution >= 0.6 is 0 Å². The van der Waals surface area contributed by atoms with Crippen LogP contribution in [0.5, 0.6) is 5.75 Å². The fourth-order valence-corrected chi connectivity index (χ4v) is 3.42. The van der Waals surface area contributed by atoms with E-state index in [2.05, 4.69) is 4.98 Å². The predicted octanol–water partition coefficient (Wildman–Crippen LogP) is 2.90. The van der Waals surface area contributed by atoms with Crippen molar-refractivity contribution in [1.82, 2.24) is 9.55 Å². The molecule has 1 aromatic heterocycles. The highest BCUT2D eigenvalue weighted by Gasteiger charge is 2.24. The first-order valence-corrected chi connectivity index (χ1v) is 9.33. The van der Waals surface area contributed by atoms with Crippen LogP contribution in [0.3, 0.4) is 0 Å². The highest BCUT2D eigenvalue weighted by Crippen LogP contribution is 2.27. The Morgan fingerprint density at radius 3 is 2.68 bits per heavy atom. The van der Waals surface area contributed by atoms with Gasteiger partial charge < -0.3 is 9.64 Å². The lowest BCUT2D eigenvalue weighted by Crippen LogP contribution is -2.35. The minimum Gasteiger partial charge on any atom is -0.494 e. The summed E-state index contributed by atoms with van der Waals surface area (Å²) in [7, 11) is 0. The van der Waals surface area contributed by atoms with Gasteiger partial charge in [0.25, 0.3) is 5.56 Å². The fourth-order valence-electron chi connectivity index (χ4n) is 3.42. The maximum absolute atomic E-state index is 12.7. The van der Waals surface area contributed by atoms with Crippen molar-refractivity contribution in [2.75, 3.05) is 18.1 Å². The van der Waals surface area contributed by atoms with Gasteiger partial charge in [-0.05, 0) is 49.2 Å². The Kier molecular flexibility index (Phi) is 4.93. The predicted molar refractivity (Wildman–Crippen MR) is 108 cm³/mol. The number of rotatable bonds is 5. The van der Waals surface area contributed by atoms with Gasteiger partial charge in [-0.1, -0.05) is 18.2 Å². The molecule has 0 atom stereocenters. The van der Waals surface area contributed by atoms with E-state index in [1.165, 1.54) is 17.0 Å². The minimum absolute atomic E-state index is 0.0241. The molecule has 6 heteroatoms. The third-order valence-electron chi connectivity index (χ3n) is 4.83. The van der Waals surface area contributed by atoms with E-state index in [-0.39, 0.29) is 18.0 Å². The molecule has 1 aliphatic heterocycles. The Hall–Kier alpha value is -3.41. The summed E-state index contributed by atoms with van der Waals surface area (Å²) in [4.78, 5) is 31.3. The average molecular weight is 375 g/mol. The molecule has 0 saturated carbocycles. The zero-order valence-electron chi connectivity index (χ0n) is 15.7. The van der Waals surface area contributed by atoms with E-state index in [0.29, 0.717) is 18.8 Å². The van der Waals surface area contributed by atoms with Crippen molar-refractivity contribution in [2.24, 2.45) is 0 Å². The number of aromatic nitrogens is 2. The van der Waals surface area contributed by atoms with Crippen LogP contribution in [0.1, 0.15) is 12.5 Å². The van der Waals surface area contributed by atoms with Crippen LogP contribution < -0.4 is 15.2 Å². The lowest BCUT2D eigenvalue weighted by Gasteiger charge is -2.17. The first-order valence-electron chi connectivity index (χ1n) is 9.33. The van der Waals surface area contributed by atoms with Gasteiger partial charge in [0.1, 0.15) is 12.3 Å². The van der Waals surface area contributed by atoms with Gasteiger partial charge >= 0.3 is 0 Å². The summed E-state index contributed by atoms with van der Waals surface area (Å²) in [5.41, 5.74) is 3.24. The smallest absolute Gasteiger partial charge is 0.254 e. The molecule has 2 aromatic carbocycles. The molecule has 4 rings (SSSR count). The quantitative estimate of drug-likeness (QED) is 0.688. The maximum Gasteiger partial charge on any atom is 0.254 e. The van der Waals surface area contributed by atoms with Gasteiger partial charge in [0.15, 0.2) is 0 Å². The van der Waals surface area contributed by atoms with Crippen LogP contribution in [-0.2, 0) is 17.8 Å². The molecule has 6 nitrogen and oxygen atoms in total. The van der Waals surface area contributed by atoms with Crippen LogP contribution in [-0.4, -0.2) is 28.6 Å². The van der Waals surface area contributed by atoms with E-state index in [9.17, 15) is 9.59 Å². The highest BCUT2D eigenvalue weighted by atomic mass is 16.5. The van der Waals surface area contributed by atoms with Gasteiger partial charge in [-0.3, -0.25) is 14.2 Å². The summed E-state index contributed by atoms with van der Waals surface area (Å²) in [5, 5.41) is 0. The number of hydrogen-bond donors (Lipinski definition) is 0. The van der Waals surface area contributed by atoms with Crippen molar-refractivity contribution < 1.29 is 9.53 Å². The molecule has 0 spiro atoms. The van der Waals surface area contributed by atoms with Crippen molar-refractivity contribution in [3.63, 3.8) is 0 Å². The number of fused-ring (bicyclic) bond motifs is 1. The number of benzene rings is 2. The van der Waals surface area contributed by atoms with Crippen molar-refractivity contribution >= 4 is 11.6 Å². The second-order valence-corrected chi connectivity index (χ2v) is 6.62. The molecule has 0 radical (unpaired) electrons. The Labute approximate surface area is 163 Å². The Bertz CT molecular complexity index is 1060. The molecule has 3 aromatic rings. The van der Waals surface area contributed by atoms with Crippen molar-refractivity contribution in [2.45, 2.75) is 19.9 Å². The van der Waals surface area contributed by atoms with Crippen LogP contribution in [0, 0.1) is 0 Å². The van der Waals surface area contributed by atoms with Gasteiger partial charge in [-0.25, -0.2) is 4.98 Å². The van der Waals surface area contributed by atoms with Crippen molar-refractivity contribution in [1.29, 1.82) is 0 Å². The maximum atomic E-state index is 12.7. The van der Waals surface area contributed by atoms with E-state index in [1.807, 2.05) is 55.5 Å². The fraction of sp³-hybridized carbons (Fsp3) is 0.227. The Morgan fingerprint density at radius 2 is 1.93 bits per heavy atom. The molecule has 28 heavy (non-hydrogen) atoms. The number of carbonyl (C=O) groups is 1. The average Bonchev–Trinajstić information content (AvgIpc) is 3.15. The normalized spacial score (nSPS) is 12.7. The van der Waals surface area contributed by atoms with Crippen LogP contribution in [0.4, 0.5) is 5.69 Å². The minimum atomic E-state index is -0.250. The number of nitrogens with zero attached hydrogens (tertiary/aromatic N) is 3. The van der Waals surface area contributed by atoms with Gasteiger partial charge in [0.05, 0.1) is 18.6 Å². The third kappa shape index (κ3) is 3.53. The summed E-state index contributed by atoms with van der Waals surface area (Å²) < 4.78 is 6.78. The monoisotopic (exact) mass is 375 g/mol. The standard InChI is InChI=1S/C22H21N3O3/c1-2-28-18-9-7-16(8-10-18)19-13-21(26)24(15-23-19)14-22(27)25-12-11-17-5-3-4-6-20(17)25/h3-10,13,15H,2,11-12,14H2,1H3. The molecular formula is C22H21N3O3. The number of carbonyl (C=O) groups excluding carboxylic acids is 1. The zero-order chi connectivity index (χ0) is 19.5. The molecule has 1 amide bonds. The summed E-state index contributed by atoms with van der Waals surface area (Å²) in [6.45, 7) is 3.15. The number of ether oxygens (including phenoxy) is 1. The molecule has 0 fully saturated rings. The van der Waals surface area contributed by atoms with Gasteiger partial charge in [0.2, 0.25) is 5.91 Å². The summed E-state index contributed by atoms with van der Waals surface area (Å²) >= 11 is 0. The van der Waals surface area contributed by atoms with E-state index < -0.39 is 0 Å². The molecule has 0 aliphatic carbocycles. The van der Waals surface area contributed by atoms with Gasteiger partial charge in [-0.2, -0.15) is 0 Å². The van der Waals surface area contributed by atoms with Crippen LogP contribution in [0.15, 0.2) is 65.7 Å². The lowest BCUT2D eigenvalue weighted by molar-refractivity contribution is -0.119. The van der Waals surface area contributed by atoms with Crippen LogP contribution in [0.25, 0.3) is 11.3 Å². The molecule has 2 heterocycles. The van der Waals surface area contributed by atoms with Gasteiger partial charge in [-0.15, -0.1) is 0 Å². The van der Waals surface area contributed by atoms with Crippen molar-refractivity contribution in [3.05, 3.63) is 76.8 Å². The summed E-state index contributed by atoms with van der Waals surface area (Å²) in [6.07, 6.45) is 2.28. The number of hydrogen-bond acceptors (Lipinski definition) is 4. The SMILES string of the molecule is CCOc1ccc(-c2cc(=O)n(CC(=O)N3CCc4ccccc43)cn2)cc1. The number of amides is 1. The van der Waals surface area contributed by atoms with Crippen molar-refractivity contribution in [3.8, 4) is 17.0 Å². The lowest BCUT2D eigenvalue weighted by atomic mass is 10.1. The highest BCUT2D eigenvalue weighted by molar-refractivity contribution is 5.95. The second kappa shape index (κ2) is 7.68.